The first kappa shape index (κ1) is 19.2. The summed E-state index contributed by atoms with van der Waals surface area (Å²) < 4.78 is 6.07. The van der Waals surface area contributed by atoms with Crippen molar-refractivity contribution in [1.82, 2.24) is 9.47 Å². The van der Waals surface area contributed by atoms with Crippen LogP contribution in [0.4, 0.5) is 5.69 Å². The second-order valence-corrected chi connectivity index (χ2v) is 7.88. The predicted molar refractivity (Wildman–Crippen MR) is 116 cm³/mol. The molecule has 2 aliphatic rings. The van der Waals surface area contributed by atoms with Gasteiger partial charge in [0, 0.05) is 29.7 Å². The zero-order valence-corrected chi connectivity index (χ0v) is 16.7. The molecule has 0 bridgehead atoms. The number of aliphatic imine (C=N–C) groups is 1. The summed E-state index contributed by atoms with van der Waals surface area (Å²) in [6.07, 6.45) is 3.38. The molecule has 3 heterocycles. The average Bonchev–Trinajstić information content (AvgIpc) is 3.32. The number of nitro benzene ring substituents is 1. The van der Waals surface area contributed by atoms with E-state index >= 15 is 0 Å². The molecule has 9 nitrogen and oxygen atoms in total. The van der Waals surface area contributed by atoms with Gasteiger partial charge in [0.05, 0.1) is 22.4 Å². The molecule has 11 heteroatoms. The molecule has 29 heavy (non-hydrogen) atoms. The molecule has 0 aliphatic carbocycles. The number of non-ortho nitro benzene ring substituents is 1. The molecule has 0 radical (unpaired) electrons. The van der Waals surface area contributed by atoms with Crippen LogP contribution in [-0.4, -0.2) is 42.2 Å². The summed E-state index contributed by atoms with van der Waals surface area (Å²) in [4.78, 5) is 28.6. The lowest BCUT2D eigenvalue weighted by Gasteiger charge is -2.24. The lowest BCUT2D eigenvalue weighted by Crippen LogP contribution is -2.41. The molecule has 1 amide bonds. The summed E-state index contributed by atoms with van der Waals surface area (Å²) in [5.41, 5.74) is 1.51. The Labute approximate surface area is 174 Å². The van der Waals surface area contributed by atoms with E-state index in [1.54, 1.807) is 46.0 Å². The fourth-order valence-corrected chi connectivity index (χ4v) is 4.42. The summed E-state index contributed by atoms with van der Waals surface area (Å²) in [5.74, 6) is 0.316. The zero-order chi connectivity index (χ0) is 20.5. The molecule has 0 atom stereocenters. The number of aromatic nitrogens is 1. The number of fused-ring (bicyclic) bond motifs is 1. The number of rotatable bonds is 4. The van der Waals surface area contributed by atoms with Gasteiger partial charge in [-0.3, -0.25) is 20.3 Å². The van der Waals surface area contributed by atoms with Gasteiger partial charge in [-0.15, -0.1) is 0 Å². The van der Waals surface area contributed by atoms with Crippen molar-refractivity contribution in [2.24, 2.45) is 9.39 Å². The van der Waals surface area contributed by atoms with Crippen LogP contribution in [0, 0.1) is 15.5 Å². The number of hydrogen-bond acceptors (Lipinski definition) is 7. The molecular formula is C18H14N6O3S2. The van der Waals surface area contributed by atoms with Crippen molar-refractivity contribution >= 4 is 57.6 Å². The smallest absolute Gasteiger partial charge is 0.283 e. The molecule has 1 aromatic heterocycles. The highest BCUT2D eigenvalue weighted by Gasteiger charge is 2.37. The molecule has 2 aliphatic heterocycles. The number of carbonyl (C=O) groups is 1. The number of carbonyl (C=O) groups excluding carboxylic acids is 1. The van der Waals surface area contributed by atoms with E-state index in [0.29, 0.717) is 21.7 Å². The third kappa shape index (κ3) is 3.49. The summed E-state index contributed by atoms with van der Waals surface area (Å²) in [6.45, 7) is 1.99. The SMILES string of the molecule is CCSC1=NSC2=NC(=O)/C(=C\c3cccn3-c3ccc([N+](=O)[O-])cc3)C(=N)N12. The fraction of sp³-hybridized carbons (Fsp3) is 0.111. The van der Waals surface area contributed by atoms with Crippen LogP contribution in [0.25, 0.3) is 11.8 Å². The minimum atomic E-state index is -0.497. The Morgan fingerprint density at radius 1 is 1.31 bits per heavy atom. The predicted octanol–water partition coefficient (Wildman–Crippen LogP) is 3.72. The monoisotopic (exact) mass is 426 g/mol. The van der Waals surface area contributed by atoms with E-state index < -0.39 is 10.8 Å². The molecule has 146 valence electrons. The number of amides is 1. The summed E-state index contributed by atoms with van der Waals surface area (Å²) >= 11 is 2.57. The van der Waals surface area contributed by atoms with Gasteiger partial charge in [-0.1, -0.05) is 18.7 Å². The third-order valence-corrected chi connectivity index (χ3v) is 5.82. The van der Waals surface area contributed by atoms with Crippen molar-refractivity contribution < 1.29 is 9.72 Å². The quantitative estimate of drug-likeness (QED) is 0.345. The Morgan fingerprint density at radius 2 is 2.07 bits per heavy atom. The van der Waals surface area contributed by atoms with Gasteiger partial charge in [-0.2, -0.15) is 9.39 Å². The van der Waals surface area contributed by atoms with Crippen LogP contribution < -0.4 is 0 Å². The van der Waals surface area contributed by atoms with Crippen molar-refractivity contribution in [2.45, 2.75) is 6.92 Å². The molecule has 0 saturated heterocycles. The van der Waals surface area contributed by atoms with E-state index in [4.69, 9.17) is 5.41 Å². The minimum absolute atomic E-state index is 0.00122. The van der Waals surface area contributed by atoms with Gasteiger partial charge in [0.1, 0.15) is 5.84 Å². The van der Waals surface area contributed by atoms with Crippen LogP contribution in [0.15, 0.2) is 57.6 Å². The first-order chi connectivity index (χ1) is 14.0. The standard InChI is InChI=1S/C18H14N6O3S2/c1-2-28-18-21-29-17-20-16(25)14(15(19)23(17)18)10-13-4-3-9-22(13)11-5-7-12(8-6-11)24(26)27/h3-10,19H,2H2,1H3/b14-10-,19-15?. The van der Waals surface area contributed by atoms with Crippen LogP contribution in [-0.2, 0) is 4.79 Å². The number of nitrogens with one attached hydrogen (secondary N) is 1. The summed E-state index contributed by atoms with van der Waals surface area (Å²) in [5, 5.41) is 20.4. The van der Waals surface area contributed by atoms with Gasteiger partial charge in [0.25, 0.3) is 11.6 Å². The van der Waals surface area contributed by atoms with E-state index in [2.05, 4.69) is 9.39 Å². The highest BCUT2D eigenvalue weighted by molar-refractivity contribution is 8.19. The van der Waals surface area contributed by atoms with Gasteiger partial charge >= 0.3 is 0 Å². The van der Waals surface area contributed by atoms with E-state index in [-0.39, 0.29) is 17.1 Å². The number of nitro groups is 1. The Bertz CT molecular complexity index is 1120. The Morgan fingerprint density at radius 3 is 2.76 bits per heavy atom. The summed E-state index contributed by atoms with van der Waals surface area (Å²) in [7, 11) is 0. The first-order valence-corrected chi connectivity index (χ1v) is 10.3. The van der Waals surface area contributed by atoms with Crippen LogP contribution in [0.2, 0.25) is 0 Å². The van der Waals surface area contributed by atoms with E-state index in [1.807, 2.05) is 6.92 Å². The van der Waals surface area contributed by atoms with Crippen LogP contribution in [0.1, 0.15) is 12.6 Å². The van der Waals surface area contributed by atoms with E-state index in [9.17, 15) is 14.9 Å². The van der Waals surface area contributed by atoms with Crippen LogP contribution in [0.3, 0.4) is 0 Å². The molecule has 0 saturated carbocycles. The van der Waals surface area contributed by atoms with Crippen molar-refractivity contribution in [3.05, 3.63) is 64.0 Å². The topological polar surface area (TPSA) is 117 Å². The van der Waals surface area contributed by atoms with Crippen LogP contribution >= 0.6 is 23.7 Å². The maximum absolute atomic E-state index is 12.5. The largest absolute Gasteiger partial charge is 0.317 e. The lowest BCUT2D eigenvalue weighted by atomic mass is 10.1. The summed E-state index contributed by atoms with van der Waals surface area (Å²) in [6, 6.07) is 9.69. The molecule has 0 unspecified atom stereocenters. The molecule has 0 spiro atoms. The second kappa shape index (κ2) is 7.68. The number of amidine groups is 3. The maximum Gasteiger partial charge on any atom is 0.283 e. The molecule has 1 N–H and O–H groups in total. The van der Waals surface area contributed by atoms with Gasteiger partial charge < -0.3 is 4.57 Å². The van der Waals surface area contributed by atoms with E-state index in [1.165, 1.54) is 23.9 Å². The van der Waals surface area contributed by atoms with Gasteiger partial charge in [-0.25, -0.2) is 4.90 Å². The van der Waals surface area contributed by atoms with E-state index in [0.717, 1.165) is 17.7 Å². The Kier molecular flexibility index (Phi) is 5.07. The molecule has 1 aromatic carbocycles. The zero-order valence-electron chi connectivity index (χ0n) is 15.1. The number of hydrogen-bond donors (Lipinski definition) is 1. The second-order valence-electron chi connectivity index (χ2n) is 5.92. The normalized spacial score (nSPS) is 17.4. The third-order valence-electron chi connectivity index (χ3n) is 4.18. The molecular weight excluding hydrogens is 412 g/mol. The number of benzene rings is 1. The van der Waals surface area contributed by atoms with Gasteiger partial charge in [-0.05, 0) is 36.1 Å². The van der Waals surface area contributed by atoms with Crippen LogP contribution in [0.5, 0.6) is 0 Å². The first-order valence-electron chi connectivity index (χ1n) is 8.53. The highest BCUT2D eigenvalue weighted by Crippen LogP contribution is 2.32. The van der Waals surface area contributed by atoms with Gasteiger partial charge in [0.2, 0.25) is 5.17 Å². The van der Waals surface area contributed by atoms with Gasteiger partial charge in [0.15, 0.2) is 5.17 Å². The Hall–Kier alpha value is -3.18. The van der Waals surface area contributed by atoms with Crippen molar-refractivity contribution in [3.63, 3.8) is 0 Å². The lowest BCUT2D eigenvalue weighted by molar-refractivity contribution is -0.384. The minimum Gasteiger partial charge on any atom is -0.317 e. The Balaban J connectivity index is 1.70. The molecule has 0 fully saturated rings. The molecule has 2 aromatic rings. The average molecular weight is 426 g/mol. The fourth-order valence-electron chi connectivity index (χ4n) is 2.85. The number of thioether (sulfide) groups is 1. The highest BCUT2D eigenvalue weighted by atomic mass is 32.2. The molecule has 4 rings (SSSR count). The van der Waals surface area contributed by atoms with Crippen molar-refractivity contribution in [3.8, 4) is 5.69 Å². The van der Waals surface area contributed by atoms with Crippen molar-refractivity contribution in [2.75, 3.05) is 5.75 Å². The number of nitrogens with zero attached hydrogens (tertiary/aromatic N) is 5. The maximum atomic E-state index is 12.5. The van der Waals surface area contributed by atoms with Crippen molar-refractivity contribution in [1.29, 1.82) is 5.41 Å².